The largest absolute Gasteiger partial charge is 0.460 e. The second-order valence-electron chi connectivity index (χ2n) is 9.94. The van der Waals surface area contributed by atoms with Crippen molar-refractivity contribution in [2.75, 3.05) is 6.61 Å². The summed E-state index contributed by atoms with van der Waals surface area (Å²) in [6.45, 7) is 11.2. The molecule has 3 saturated carbocycles. The van der Waals surface area contributed by atoms with Gasteiger partial charge in [-0.3, -0.25) is 4.79 Å². The third kappa shape index (κ3) is 2.71. The van der Waals surface area contributed by atoms with Gasteiger partial charge in [0, 0.05) is 29.2 Å². The molecule has 0 aromatic rings. The van der Waals surface area contributed by atoms with Gasteiger partial charge in [0.1, 0.15) is 18.5 Å². The van der Waals surface area contributed by atoms with Gasteiger partial charge in [0.05, 0.1) is 6.10 Å². The lowest BCUT2D eigenvalue weighted by Crippen LogP contribution is -2.67. The summed E-state index contributed by atoms with van der Waals surface area (Å²) in [5.41, 5.74) is 4.82. The molecule has 0 aromatic carbocycles. The van der Waals surface area contributed by atoms with Crippen molar-refractivity contribution in [3.63, 3.8) is 0 Å². The Hall–Kier alpha value is -1.24. The normalized spacial score (nSPS) is 51.0. The molecule has 0 spiro atoms. The Morgan fingerprint density at radius 2 is 1.96 bits per heavy atom. The van der Waals surface area contributed by atoms with Crippen LogP contribution in [0, 0.1) is 34.0 Å². The zero-order chi connectivity index (χ0) is 21.1. The molecule has 3 rings (SSSR count). The minimum atomic E-state index is -0.737. The lowest BCUT2D eigenvalue weighted by molar-refractivity contribution is -0.210. The zero-order valence-corrected chi connectivity index (χ0v) is 17.5. The summed E-state index contributed by atoms with van der Waals surface area (Å²) >= 11 is 0. The summed E-state index contributed by atoms with van der Waals surface area (Å²) in [5, 5.41) is 20.7. The van der Waals surface area contributed by atoms with E-state index in [1.807, 2.05) is 27.7 Å². The maximum absolute atomic E-state index is 13.2. The Morgan fingerprint density at radius 3 is 2.54 bits per heavy atom. The van der Waals surface area contributed by atoms with Crippen LogP contribution < -0.4 is 5.73 Å². The molecular formula is C22H35NO5. The van der Waals surface area contributed by atoms with E-state index in [0.29, 0.717) is 25.7 Å². The van der Waals surface area contributed by atoms with Crippen molar-refractivity contribution < 1.29 is 24.5 Å². The first kappa shape index (κ1) is 21.5. The van der Waals surface area contributed by atoms with E-state index in [0.717, 1.165) is 0 Å². The van der Waals surface area contributed by atoms with Crippen molar-refractivity contribution in [1.82, 2.24) is 0 Å². The average Bonchev–Trinajstić information content (AvgIpc) is 3.01. The van der Waals surface area contributed by atoms with Crippen molar-refractivity contribution in [2.45, 2.75) is 71.6 Å². The monoisotopic (exact) mass is 393 g/mol. The number of aliphatic hydroxyl groups excluding tert-OH is 2. The highest BCUT2D eigenvalue weighted by Gasteiger charge is 2.69. The van der Waals surface area contributed by atoms with Gasteiger partial charge in [0.2, 0.25) is 0 Å². The highest BCUT2D eigenvalue weighted by Crippen LogP contribution is 2.67. The van der Waals surface area contributed by atoms with E-state index in [1.54, 1.807) is 6.08 Å². The summed E-state index contributed by atoms with van der Waals surface area (Å²) in [6.07, 6.45) is 2.52. The maximum atomic E-state index is 13.2. The van der Waals surface area contributed by atoms with Crippen molar-refractivity contribution in [3.8, 4) is 0 Å². The van der Waals surface area contributed by atoms with Gasteiger partial charge in [-0.2, -0.15) is 0 Å². The molecule has 4 N–H and O–H groups in total. The standard InChI is InChI=1S/C22H35NO5/c1-6-20(4)10-16(28-17(26)11-24)21(5)12(2)14(23)9-22(13(3)19(20)27)8-7-15(25)18(21)22/h6,12-14,16,18-19,24,27H,1,7-11,23H2,2-5H3/t12-,13+,14-,16-,18+,19+,20+,21+,22-/m1/s1. The van der Waals surface area contributed by atoms with Crippen LogP contribution in [0.3, 0.4) is 0 Å². The average molecular weight is 394 g/mol. The number of ether oxygens (including phenoxy) is 1. The van der Waals surface area contributed by atoms with Crippen LogP contribution in [0.2, 0.25) is 0 Å². The van der Waals surface area contributed by atoms with Gasteiger partial charge >= 0.3 is 5.97 Å². The molecular weight excluding hydrogens is 358 g/mol. The number of rotatable bonds is 3. The van der Waals surface area contributed by atoms with Crippen LogP contribution in [-0.4, -0.2) is 46.8 Å². The van der Waals surface area contributed by atoms with Crippen LogP contribution in [0.25, 0.3) is 0 Å². The molecule has 0 heterocycles. The third-order valence-corrected chi connectivity index (χ3v) is 8.84. The molecule has 2 bridgehead atoms. The van der Waals surface area contributed by atoms with Crippen molar-refractivity contribution >= 4 is 11.8 Å². The van der Waals surface area contributed by atoms with Crippen molar-refractivity contribution in [1.29, 1.82) is 0 Å². The van der Waals surface area contributed by atoms with E-state index < -0.39 is 41.0 Å². The summed E-state index contributed by atoms with van der Waals surface area (Å²) in [6, 6.07) is -0.162. The number of Topliss-reactive ketones (excluding diaryl/α,β-unsaturated/α-hetero) is 1. The topological polar surface area (TPSA) is 110 Å². The highest BCUT2D eigenvalue weighted by atomic mass is 16.6. The Kier molecular flexibility index (Phi) is 5.31. The van der Waals surface area contributed by atoms with E-state index in [1.165, 1.54) is 0 Å². The first-order chi connectivity index (χ1) is 13.0. The molecule has 6 heteroatoms. The molecule has 0 amide bonds. The Bertz CT molecular complexity index is 680. The number of aliphatic hydroxyl groups is 2. The number of esters is 1. The molecule has 0 aromatic heterocycles. The molecule has 6 nitrogen and oxygen atoms in total. The van der Waals surface area contributed by atoms with Crippen LogP contribution in [0.1, 0.15) is 53.4 Å². The first-order valence-electron chi connectivity index (χ1n) is 10.4. The van der Waals surface area contributed by atoms with E-state index in [-0.39, 0.29) is 29.6 Å². The van der Waals surface area contributed by atoms with Crippen molar-refractivity contribution in [3.05, 3.63) is 12.7 Å². The molecule has 0 saturated heterocycles. The van der Waals surface area contributed by atoms with E-state index >= 15 is 0 Å². The van der Waals surface area contributed by atoms with Crippen LogP contribution in [0.4, 0.5) is 0 Å². The van der Waals surface area contributed by atoms with Crippen LogP contribution in [0.5, 0.6) is 0 Å². The SMILES string of the molecule is C=C[C@@]1(C)C[C@@H](OC(=O)CO)[C@]2(C)[C@H](C)[C@H](N)C[C@]3(CCC(=O)[C@H]32)[C@@H](C)[C@@H]1O. The number of carbonyl (C=O) groups excluding carboxylic acids is 2. The molecule has 3 aliphatic rings. The van der Waals surface area contributed by atoms with E-state index in [4.69, 9.17) is 10.5 Å². The highest BCUT2D eigenvalue weighted by molar-refractivity contribution is 5.86. The number of nitrogens with two attached hydrogens (primary N) is 1. The van der Waals surface area contributed by atoms with Gasteiger partial charge in [0.25, 0.3) is 0 Å². The van der Waals surface area contributed by atoms with E-state index in [2.05, 4.69) is 6.58 Å². The van der Waals surface area contributed by atoms with E-state index in [9.17, 15) is 19.8 Å². The summed E-state index contributed by atoms with van der Waals surface area (Å²) in [7, 11) is 0. The van der Waals surface area contributed by atoms with Crippen LogP contribution in [-0.2, 0) is 14.3 Å². The zero-order valence-electron chi connectivity index (χ0n) is 17.5. The van der Waals surface area contributed by atoms with Crippen LogP contribution >= 0.6 is 0 Å². The lowest BCUT2D eigenvalue weighted by Gasteiger charge is -2.63. The predicted molar refractivity (Wildman–Crippen MR) is 105 cm³/mol. The molecule has 9 atom stereocenters. The van der Waals surface area contributed by atoms with Gasteiger partial charge in [-0.05, 0) is 36.5 Å². The fraction of sp³-hybridized carbons (Fsp3) is 0.818. The minimum absolute atomic E-state index is 0.0549. The minimum Gasteiger partial charge on any atom is -0.460 e. The smallest absolute Gasteiger partial charge is 0.332 e. The van der Waals surface area contributed by atoms with Gasteiger partial charge in [0.15, 0.2) is 0 Å². The van der Waals surface area contributed by atoms with Crippen molar-refractivity contribution in [2.24, 2.45) is 39.7 Å². The number of hydrogen-bond acceptors (Lipinski definition) is 6. The van der Waals surface area contributed by atoms with Gasteiger partial charge in [-0.1, -0.05) is 33.8 Å². The molecule has 28 heavy (non-hydrogen) atoms. The predicted octanol–water partition coefficient (Wildman–Crippen LogP) is 1.82. The van der Waals surface area contributed by atoms with Gasteiger partial charge in [-0.15, -0.1) is 6.58 Å². The second-order valence-corrected chi connectivity index (χ2v) is 9.94. The maximum Gasteiger partial charge on any atom is 0.332 e. The second kappa shape index (κ2) is 6.92. The number of ketones is 1. The van der Waals surface area contributed by atoms with Gasteiger partial charge < -0.3 is 20.7 Å². The Labute approximate surface area is 167 Å². The lowest BCUT2D eigenvalue weighted by atomic mass is 9.43. The molecule has 0 aliphatic heterocycles. The quantitative estimate of drug-likeness (QED) is 0.498. The third-order valence-electron chi connectivity index (χ3n) is 8.84. The summed E-state index contributed by atoms with van der Waals surface area (Å²) in [5.74, 6) is -1.07. The summed E-state index contributed by atoms with van der Waals surface area (Å²) < 4.78 is 5.76. The molecule has 0 unspecified atom stereocenters. The van der Waals surface area contributed by atoms with Crippen LogP contribution in [0.15, 0.2) is 12.7 Å². The molecule has 3 fully saturated rings. The molecule has 0 radical (unpaired) electrons. The Balaban J connectivity index is 2.25. The molecule has 158 valence electrons. The fourth-order valence-corrected chi connectivity index (χ4v) is 6.84. The fourth-order valence-electron chi connectivity index (χ4n) is 6.84. The first-order valence-corrected chi connectivity index (χ1v) is 10.4. The van der Waals surface area contributed by atoms with Gasteiger partial charge in [-0.25, -0.2) is 4.79 Å². The summed E-state index contributed by atoms with van der Waals surface area (Å²) in [4.78, 5) is 25.3. The molecule has 3 aliphatic carbocycles. The number of carbonyl (C=O) groups is 2. The number of hydrogen-bond donors (Lipinski definition) is 3. The Morgan fingerprint density at radius 1 is 1.32 bits per heavy atom.